The van der Waals surface area contributed by atoms with E-state index in [0.29, 0.717) is 22.2 Å². The number of hydrogen-bond donors (Lipinski definition) is 2. The van der Waals surface area contributed by atoms with Crippen molar-refractivity contribution in [1.82, 2.24) is 20.3 Å². The first-order chi connectivity index (χ1) is 13.6. The molecule has 1 aromatic heterocycles. The summed E-state index contributed by atoms with van der Waals surface area (Å²) in [4.78, 5) is 36.8. The number of carbonyl (C=O) groups is 2. The number of fused-ring (bicyclic) bond motifs is 1. The Morgan fingerprint density at radius 1 is 1.11 bits per heavy atom. The van der Waals surface area contributed by atoms with Crippen molar-refractivity contribution in [3.8, 4) is 12.3 Å². The lowest BCUT2D eigenvalue weighted by Crippen LogP contribution is -2.27. The first-order valence-corrected chi connectivity index (χ1v) is 8.53. The van der Waals surface area contributed by atoms with Gasteiger partial charge in [-0.25, -0.2) is 4.68 Å². The Balaban J connectivity index is 1.69. The Kier molecular flexibility index (Phi) is 5.77. The van der Waals surface area contributed by atoms with Gasteiger partial charge in [0.2, 0.25) is 5.91 Å². The van der Waals surface area contributed by atoms with Crippen LogP contribution in [0.5, 0.6) is 0 Å². The summed E-state index contributed by atoms with van der Waals surface area (Å²) in [5, 5.41) is 13.5. The lowest BCUT2D eigenvalue weighted by molar-refractivity contribution is -0.116. The molecule has 3 rings (SSSR count). The van der Waals surface area contributed by atoms with Crippen LogP contribution in [0.2, 0.25) is 0 Å². The molecule has 2 N–H and O–H groups in total. The number of nitrogens with one attached hydrogen (secondary N) is 2. The molecule has 0 saturated carbocycles. The summed E-state index contributed by atoms with van der Waals surface area (Å²) in [5.41, 5.74) is 0.848. The minimum atomic E-state index is -0.384. The van der Waals surface area contributed by atoms with E-state index in [-0.39, 0.29) is 36.9 Å². The van der Waals surface area contributed by atoms with Gasteiger partial charge in [0.05, 0.1) is 29.7 Å². The third kappa shape index (κ3) is 4.22. The molecule has 2 aromatic carbocycles. The highest BCUT2D eigenvalue weighted by atomic mass is 16.2. The highest BCUT2D eigenvalue weighted by Gasteiger charge is 2.13. The van der Waals surface area contributed by atoms with Gasteiger partial charge in [0.25, 0.3) is 11.5 Å². The maximum atomic E-state index is 12.4. The fourth-order valence-electron chi connectivity index (χ4n) is 2.61. The van der Waals surface area contributed by atoms with Gasteiger partial charge in [-0.1, -0.05) is 35.4 Å². The molecule has 8 nitrogen and oxygen atoms in total. The molecule has 0 aliphatic heterocycles. The summed E-state index contributed by atoms with van der Waals surface area (Å²) in [5.74, 6) is 1.57. The molecule has 0 aliphatic rings. The molecule has 8 heteroatoms. The van der Waals surface area contributed by atoms with Gasteiger partial charge in [-0.05, 0) is 24.3 Å². The number of carbonyl (C=O) groups excluding carboxylic acids is 2. The van der Waals surface area contributed by atoms with Gasteiger partial charge < -0.3 is 10.6 Å². The first kappa shape index (κ1) is 18.8. The van der Waals surface area contributed by atoms with E-state index < -0.39 is 0 Å². The van der Waals surface area contributed by atoms with E-state index in [2.05, 4.69) is 26.9 Å². The molecule has 3 aromatic rings. The van der Waals surface area contributed by atoms with Crippen LogP contribution in [0.3, 0.4) is 0 Å². The molecule has 0 fully saturated rings. The van der Waals surface area contributed by atoms with E-state index in [0.717, 1.165) is 4.68 Å². The van der Waals surface area contributed by atoms with Gasteiger partial charge in [-0.3, -0.25) is 14.4 Å². The van der Waals surface area contributed by atoms with Gasteiger partial charge in [0.15, 0.2) is 0 Å². The van der Waals surface area contributed by atoms with E-state index in [1.54, 1.807) is 48.5 Å². The number of benzene rings is 2. The summed E-state index contributed by atoms with van der Waals surface area (Å²) in [6, 6.07) is 13.5. The molecule has 140 valence electrons. The molecule has 1 heterocycles. The summed E-state index contributed by atoms with van der Waals surface area (Å²) >= 11 is 0. The molecular weight excluding hydrogens is 358 g/mol. The molecule has 0 bridgehead atoms. The second kappa shape index (κ2) is 8.60. The fraction of sp³-hybridized carbons (Fsp3) is 0.150. The minimum Gasteiger partial charge on any atom is -0.341 e. The number of nitrogens with zero attached hydrogens (tertiary/aromatic N) is 3. The van der Waals surface area contributed by atoms with Crippen LogP contribution < -0.4 is 16.2 Å². The zero-order valence-corrected chi connectivity index (χ0v) is 14.9. The van der Waals surface area contributed by atoms with Crippen LogP contribution in [0.4, 0.5) is 5.69 Å². The van der Waals surface area contributed by atoms with Crippen molar-refractivity contribution in [3.05, 3.63) is 64.4 Å². The van der Waals surface area contributed by atoms with Crippen LogP contribution in [0, 0.1) is 12.3 Å². The molecule has 0 radical (unpaired) electrons. The number of aryl methyl sites for hydroxylation is 1. The minimum absolute atomic E-state index is 0.00671. The van der Waals surface area contributed by atoms with Gasteiger partial charge in [-0.2, -0.15) is 0 Å². The number of amides is 2. The molecule has 0 atom stereocenters. The topological polar surface area (TPSA) is 106 Å². The Morgan fingerprint density at radius 2 is 1.86 bits per heavy atom. The van der Waals surface area contributed by atoms with E-state index >= 15 is 0 Å². The van der Waals surface area contributed by atoms with Crippen molar-refractivity contribution >= 4 is 28.4 Å². The van der Waals surface area contributed by atoms with Crippen LogP contribution in [-0.4, -0.2) is 33.4 Å². The average molecular weight is 375 g/mol. The predicted molar refractivity (Wildman–Crippen MR) is 105 cm³/mol. The molecule has 28 heavy (non-hydrogen) atoms. The van der Waals surface area contributed by atoms with Crippen molar-refractivity contribution in [3.63, 3.8) is 0 Å². The molecular formula is C20H17N5O3. The van der Waals surface area contributed by atoms with Crippen molar-refractivity contribution in [2.45, 2.75) is 13.0 Å². The molecule has 0 spiro atoms. The summed E-state index contributed by atoms with van der Waals surface area (Å²) in [7, 11) is 0. The van der Waals surface area contributed by atoms with Crippen LogP contribution in [0.25, 0.3) is 10.9 Å². The van der Waals surface area contributed by atoms with Gasteiger partial charge in [0.1, 0.15) is 5.52 Å². The van der Waals surface area contributed by atoms with Crippen molar-refractivity contribution in [2.75, 3.05) is 11.9 Å². The number of anilines is 1. The van der Waals surface area contributed by atoms with Gasteiger partial charge >= 0.3 is 0 Å². The quantitative estimate of drug-likeness (QED) is 0.630. The van der Waals surface area contributed by atoms with Crippen molar-refractivity contribution in [2.24, 2.45) is 0 Å². The number of para-hydroxylation sites is 1. The van der Waals surface area contributed by atoms with Gasteiger partial charge in [-0.15, -0.1) is 11.5 Å². The maximum Gasteiger partial charge on any atom is 0.277 e. The summed E-state index contributed by atoms with van der Waals surface area (Å²) < 4.78 is 1.15. The normalized spacial score (nSPS) is 10.2. The van der Waals surface area contributed by atoms with E-state index in [4.69, 9.17) is 6.42 Å². The molecule has 0 saturated heterocycles. The Morgan fingerprint density at radius 3 is 2.68 bits per heavy atom. The Labute approximate surface area is 160 Å². The highest BCUT2D eigenvalue weighted by Crippen LogP contribution is 2.15. The van der Waals surface area contributed by atoms with Crippen LogP contribution in [-0.2, 0) is 11.3 Å². The van der Waals surface area contributed by atoms with Gasteiger partial charge in [0, 0.05) is 6.42 Å². The zero-order chi connectivity index (χ0) is 19.9. The van der Waals surface area contributed by atoms with Crippen molar-refractivity contribution < 1.29 is 9.59 Å². The number of aromatic nitrogens is 3. The lowest BCUT2D eigenvalue weighted by Gasteiger charge is -2.11. The van der Waals surface area contributed by atoms with Crippen molar-refractivity contribution in [1.29, 1.82) is 0 Å². The lowest BCUT2D eigenvalue weighted by atomic mass is 10.1. The SMILES string of the molecule is C#CCNC(=O)c1ccccc1NC(=O)CCn1nnc2ccccc2c1=O. The van der Waals surface area contributed by atoms with E-state index in [1.807, 2.05) is 0 Å². The number of hydrogen-bond acceptors (Lipinski definition) is 5. The third-order valence-corrected chi connectivity index (χ3v) is 3.98. The molecule has 0 aliphatic carbocycles. The number of terminal acetylenes is 1. The maximum absolute atomic E-state index is 12.4. The van der Waals surface area contributed by atoms with Crippen LogP contribution in [0.15, 0.2) is 53.3 Å². The Bertz CT molecular complexity index is 1130. The second-order valence-electron chi connectivity index (χ2n) is 5.87. The summed E-state index contributed by atoms with van der Waals surface area (Å²) in [6.07, 6.45) is 5.14. The van der Waals surface area contributed by atoms with E-state index in [9.17, 15) is 14.4 Å². The average Bonchev–Trinajstić information content (AvgIpc) is 2.72. The standard InChI is InChI=1S/C20H17N5O3/c1-2-12-21-19(27)14-7-3-5-9-16(14)22-18(26)11-13-25-20(28)15-8-4-6-10-17(15)23-24-25/h1,3-10H,11-13H2,(H,21,27)(H,22,26). The Hall–Kier alpha value is -3.99. The number of rotatable bonds is 6. The first-order valence-electron chi connectivity index (χ1n) is 8.53. The second-order valence-corrected chi connectivity index (χ2v) is 5.87. The molecule has 0 unspecified atom stereocenters. The zero-order valence-electron chi connectivity index (χ0n) is 14.9. The van der Waals surface area contributed by atoms with Crippen LogP contribution in [0.1, 0.15) is 16.8 Å². The predicted octanol–water partition coefficient (Wildman–Crippen LogP) is 1.18. The summed E-state index contributed by atoms with van der Waals surface area (Å²) in [6.45, 7) is 0.151. The van der Waals surface area contributed by atoms with Crippen LogP contribution >= 0.6 is 0 Å². The largest absolute Gasteiger partial charge is 0.341 e. The van der Waals surface area contributed by atoms with E-state index in [1.165, 1.54) is 0 Å². The fourth-order valence-corrected chi connectivity index (χ4v) is 2.61. The highest BCUT2D eigenvalue weighted by molar-refractivity contribution is 6.03. The smallest absolute Gasteiger partial charge is 0.277 e. The third-order valence-electron chi connectivity index (χ3n) is 3.98. The molecule has 2 amide bonds. The monoisotopic (exact) mass is 375 g/mol.